The summed E-state index contributed by atoms with van der Waals surface area (Å²) in [4.78, 5) is 4.37. The number of nitrogens with zero attached hydrogens (tertiary/aromatic N) is 1. The molecule has 86 valence electrons. The van der Waals surface area contributed by atoms with E-state index in [1.54, 1.807) is 0 Å². The molecule has 0 fully saturated rings. The minimum absolute atomic E-state index is 0.467. The van der Waals surface area contributed by atoms with Gasteiger partial charge in [-0.25, -0.2) is 4.98 Å². The number of fused-ring (bicyclic) bond motifs is 1. The van der Waals surface area contributed by atoms with E-state index in [9.17, 15) is 0 Å². The van der Waals surface area contributed by atoms with Crippen molar-refractivity contribution in [2.45, 2.75) is 13.8 Å². The number of hydrogen-bond donors (Lipinski definition) is 1. The van der Waals surface area contributed by atoms with Gasteiger partial charge in [0, 0.05) is 0 Å². The van der Waals surface area contributed by atoms with E-state index >= 15 is 0 Å². The Balaban J connectivity index is 2.26. The fourth-order valence-corrected chi connectivity index (χ4v) is 1.81. The highest BCUT2D eigenvalue weighted by Crippen LogP contribution is 2.30. The highest BCUT2D eigenvalue weighted by molar-refractivity contribution is 5.89. The maximum Gasteiger partial charge on any atom is 0.264 e. The van der Waals surface area contributed by atoms with Gasteiger partial charge in [-0.15, -0.1) is 0 Å². The number of nitrogens with two attached hydrogens (primary N) is 1. The summed E-state index contributed by atoms with van der Waals surface area (Å²) >= 11 is 0. The van der Waals surface area contributed by atoms with E-state index in [1.165, 1.54) is 0 Å². The van der Waals surface area contributed by atoms with Crippen LogP contribution in [0.3, 0.4) is 0 Å². The molecule has 0 unspecified atom stereocenters. The van der Waals surface area contributed by atoms with Crippen molar-refractivity contribution in [1.82, 2.24) is 4.98 Å². The van der Waals surface area contributed by atoms with Crippen molar-refractivity contribution in [1.29, 1.82) is 0 Å². The number of aromatic nitrogens is 1. The van der Waals surface area contributed by atoms with Crippen LogP contribution >= 0.6 is 0 Å². The minimum Gasteiger partial charge on any atom is -0.456 e. The van der Waals surface area contributed by atoms with Gasteiger partial charge >= 0.3 is 0 Å². The summed E-state index contributed by atoms with van der Waals surface area (Å²) in [5.74, 6) is 1.92. The summed E-state index contributed by atoms with van der Waals surface area (Å²) in [7, 11) is 0. The van der Waals surface area contributed by atoms with E-state index in [-0.39, 0.29) is 0 Å². The predicted molar refractivity (Wildman–Crippen MR) is 65.6 cm³/mol. The number of benzene rings is 1. The molecule has 0 bridgehead atoms. The number of anilines is 1. The minimum atomic E-state index is 0.467. The molecule has 2 N–H and O–H groups in total. The molecule has 0 saturated heterocycles. The first-order valence-corrected chi connectivity index (χ1v) is 5.37. The SMILES string of the molecule is Cc1ccc(-c2nc3c(N)ccc(C)c3o2)o1. The largest absolute Gasteiger partial charge is 0.456 e. The topological polar surface area (TPSA) is 65.2 Å². The third-order valence-corrected chi connectivity index (χ3v) is 2.72. The molecule has 0 saturated carbocycles. The third-order valence-electron chi connectivity index (χ3n) is 2.72. The summed E-state index contributed by atoms with van der Waals surface area (Å²) in [6.07, 6.45) is 0. The van der Waals surface area contributed by atoms with Gasteiger partial charge in [0.05, 0.1) is 5.69 Å². The summed E-state index contributed by atoms with van der Waals surface area (Å²) in [5.41, 5.74) is 8.90. The van der Waals surface area contributed by atoms with Crippen LogP contribution in [0.5, 0.6) is 0 Å². The van der Waals surface area contributed by atoms with Gasteiger partial charge in [0.25, 0.3) is 5.89 Å². The molecule has 0 atom stereocenters. The first-order chi connectivity index (χ1) is 8.15. The van der Waals surface area contributed by atoms with Crippen molar-refractivity contribution in [3.8, 4) is 11.7 Å². The zero-order valence-corrected chi connectivity index (χ0v) is 9.65. The molecule has 17 heavy (non-hydrogen) atoms. The van der Waals surface area contributed by atoms with Gasteiger partial charge in [-0.3, -0.25) is 0 Å². The van der Waals surface area contributed by atoms with Gasteiger partial charge in [0.1, 0.15) is 11.3 Å². The maximum absolute atomic E-state index is 5.87. The summed E-state index contributed by atoms with van der Waals surface area (Å²) in [6, 6.07) is 7.46. The van der Waals surface area contributed by atoms with Crippen molar-refractivity contribution in [3.63, 3.8) is 0 Å². The van der Waals surface area contributed by atoms with E-state index < -0.39 is 0 Å². The number of aryl methyl sites for hydroxylation is 2. The molecule has 0 aliphatic carbocycles. The molecule has 0 aliphatic rings. The van der Waals surface area contributed by atoms with Gasteiger partial charge in [0.15, 0.2) is 11.3 Å². The van der Waals surface area contributed by atoms with Crippen molar-refractivity contribution in [2.24, 2.45) is 0 Å². The van der Waals surface area contributed by atoms with Gasteiger partial charge < -0.3 is 14.6 Å². The molecule has 2 heterocycles. The lowest BCUT2D eigenvalue weighted by atomic mass is 10.2. The Kier molecular flexibility index (Phi) is 1.98. The lowest BCUT2D eigenvalue weighted by Crippen LogP contribution is -1.87. The molecule has 2 aromatic heterocycles. The van der Waals surface area contributed by atoms with Crippen LogP contribution < -0.4 is 5.73 Å². The highest BCUT2D eigenvalue weighted by Gasteiger charge is 2.14. The van der Waals surface area contributed by atoms with Gasteiger partial charge in [-0.2, -0.15) is 0 Å². The average Bonchev–Trinajstić information content (AvgIpc) is 2.90. The van der Waals surface area contributed by atoms with E-state index in [4.69, 9.17) is 14.6 Å². The molecule has 4 heteroatoms. The molecule has 4 nitrogen and oxygen atoms in total. The third kappa shape index (κ3) is 1.49. The molecular weight excluding hydrogens is 216 g/mol. The molecule has 3 rings (SSSR count). The van der Waals surface area contributed by atoms with Gasteiger partial charge in [0.2, 0.25) is 0 Å². The summed E-state index contributed by atoms with van der Waals surface area (Å²) in [5, 5.41) is 0. The highest BCUT2D eigenvalue weighted by atomic mass is 16.4. The second-order valence-corrected chi connectivity index (χ2v) is 4.08. The molecule has 0 amide bonds. The van der Waals surface area contributed by atoms with Gasteiger partial charge in [-0.05, 0) is 37.6 Å². The first-order valence-electron chi connectivity index (χ1n) is 5.37. The van der Waals surface area contributed by atoms with E-state index in [0.717, 1.165) is 11.3 Å². The van der Waals surface area contributed by atoms with Crippen LogP contribution in [0.25, 0.3) is 22.8 Å². The lowest BCUT2D eigenvalue weighted by Gasteiger charge is -1.95. The van der Waals surface area contributed by atoms with Crippen LogP contribution in [0.1, 0.15) is 11.3 Å². The second-order valence-electron chi connectivity index (χ2n) is 4.08. The van der Waals surface area contributed by atoms with E-state index in [2.05, 4.69) is 4.98 Å². The Hall–Kier alpha value is -2.23. The Labute approximate surface area is 98.0 Å². The first kappa shape index (κ1) is 9.96. The average molecular weight is 228 g/mol. The Morgan fingerprint density at radius 1 is 1.06 bits per heavy atom. The van der Waals surface area contributed by atoms with Crippen LogP contribution in [0.4, 0.5) is 5.69 Å². The van der Waals surface area contributed by atoms with Crippen molar-refractivity contribution in [2.75, 3.05) is 5.73 Å². The monoisotopic (exact) mass is 228 g/mol. The Bertz CT molecular complexity index is 656. The van der Waals surface area contributed by atoms with Crippen molar-refractivity contribution >= 4 is 16.8 Å². The van der Waals surface area contributed by atoms with Crippen molar-refractivity contribution in [3.05, 3.63) is 35.6 Å². The smallest absolute Gasteiger partial charge is 0.264 e. The Morgan fingerprint density at radius 2 is 1.88 bits per heavy atom. The zero-order chi connectivity index (χ0) is 12.0. The van der Waals surface area contributed by atoms with E-state index in [0.29, 0.717) is 28.4 Å². The predicted octanol–water partition coefficient (Wildman–Crippen LogP) is 3.29. The fourth-order valence-electron chi connectivity index (χ4n) is 1.81. The van der Waals surface area contributed by atoms with Crippen molar-refractivity contribution < 1.29 is 8.83 Å². The van der Waals surface area contributed by atoms with Crippen LogP contribution in [0.15, 0.2) is 33.1 Å². The number of hydrogen-bond acceptors (Lipinski definition) is 4. The van der Waals surface area contributed by atoms with Gasteiger partial charge in [-0.1, -0.05) is 6.07 Å². The molecular formula is C13H12N2O2. The number of oxazole rings is 1. The maximum atomic E-state index is 5.87. The number of furan rings is 1. The molecule has 1 aromatic carbocycles. The molecule has 0 radical (unpaired) electrons. The van der Waals surface area contributed by atoms with Crippen LogP contribution in [0.2, 0.25) is 0 Å². The normalized spacial score (nSPS) is 11.2. The number of nitrogen functional groups attached to an aromatic ring is 1. The van der Waals surface area contributed by atoms with E-state index in [1.807, 2.05) is 38.1 Å². The van der Waals surface area contributed by atoms with Crippen LogP contribution in [-0.4, -0.2) is 4.98 Å². The zero-order valence-electron chi connectivity index (χ0n) is 9.65. The van der Waals surface area contributed by atoms with Crippen LogP contribution in [-0.2, 0) is 0 Å². The second kappa shape index (κ2) is 3.38. The quantitative estimate of drug-likeness (QED) is 0.649. The Morgan fingerprint density at radius 3 is 2.53 bits per heavy atom. The molecule has 0 aliphatic heterocycles. The fraction of sp³-hybridized carbons (Fsp3) is 0.154. The molecule has 0 spiro atoms. The van der Waals surface area contributed by atoms with Crippen LogP contribution in [0, 0.1) is 13.8 Å². The summed E-state index contributed by atoms with van der Waals surface area (Å²) in [6.45, 7) is 3.84. The molecule has 3 aromatic rings. The summed E-state index contributed by atoms with van der Waals surface area (Å²) < 4.78 is 11.2. The lowest BCUT2D eigenvalue weighted by molar-refractivity contribution is 0.513. The number of rotatable bonds is 1. The standard InChI is InChI=1S/C13H12N2O2/c1-7-3-5-9(14)11-12(7)17-13(15-11)10-6-4-8(2)16-10/h3-6H,14H2,1-2H3.